The number of hydrogen-bond acceptors (Lipinski definition) is 1. The maximum absolute atomic E-state index is 6.63. The molecule has 0 aromatic heterocycles. The van der Waals surface area contributed by atoms with Gasteiger partial charge < -0.3 is 5.73 Å². The van der Waals surface area contributed by atoms with Crippen LogP contribution in [0.25, 0.3) is 16.7 Å². The van der Waals surface area contributed by atoms with Crippen molar-refractivity contribution < 1.29 is 0 Å². The molecule has 0 bridgehead atoms. The smallest absolute Gasteiger partial charge is 0.0788 e. The molecule has 124 valence electrons. The van der Waals surface area contributed by atoms with Crippen molar-refractivity contribution in [3.05, 3.63) is 125 Å². The molecule has 0 fully saturated rings. The molecule has 1 heteroatoms. The van der Waals surface area contributed by atoms with E-state index >= 15 is 0 Å². The van der Waals surface area contributed by atoms with E-state index in [4.69, 9.17) is 5.73 Å². The molecule has 2 N–H and O–H groups in total. The van der Waals surface area contributed by atoms with Crippen molar-refractivity contribution in [2.45, 2.75) is 5.54 Å². The zero-order valence-electron chi connectivity index (χ0n) is 14.4. The summed E-state index contributed by atoms with van der Waals surface area (Å²) in [6, 6.07) is 27.5. The van der Waals surface area contributed by atoms with Crippen molar-refractivity contribution >= 4 is 5.57 Å². The number of benzene rings is 3. The summed E-state index contributed by atoms with van der Waals surface area (Å²) >= 11 is 0. The highest BCUT2D eigenvalue weighted by Crippen LogP contribution is 2.46. The van der Waals surface area contributed by atoms with Gasteiger partial charge in [0.1, 0.15) is 0 Å². The number of nitrogens with two attached hydrogens (primary N) is 1. The van der Waals surface area contributed by atoms with Crippen molar-refractivity contribution in [3.63, 3.8) is 0 Å². The molecule has 5 rings (SSSR count). The SMILES string of the molecule is NC1(c2ccccc2)C=CC(=C2c3ccccc3-c3ccccc32)C=C1. The number of rotatable bonds is 1. The molecule has 3 aromatic rings. The van der Waals surface area contributed by atoms with Gasteiger partial charge in [0.15, 0.2) is 0 Å². The Bertz CT molecular complexity index is 1020. The Morgan fingerprint density at radius 3 is 1.54 bits per heavy atom. The minimum atomic E-state index is -0.553. The van der Waals surface area contributed by atoms with Gasteiger partial charge in [-0.3, -0.25) is 0 Å². The lowest BCUT2D eigenvalue weighted by Gasteiger charge is -2.26. The van der Waals surface area contributed by atoms with Gasteiger partial charge in [0.25, 0.3) is 0 Å². The zero-order chi connectivity index (χ0) is 17.6. The number of fused-ring (bicyclic) bond motifs is 3. The summed E-state index contributed by atoms with van der Waals surface area (Å²) in [6.45, 7) is 0. The third kappa shape index (κ3) is 2.22. The lowest BCUT2D eigenvalue weighted by Crippen LogP contribution is -2.33. The normalized spacial score (nSPS) is 20.2. The quantitative estimate of drug-likeness (QED) is 0.492. The highest BCUT2D eigenvalue weighted by atomic mass is 14.7. The van der Waals surface area contributed by atoms with E-state index in [1.165, 1.54) is 33.4 Å². The van der Waals surface area contributed by atoms with Crippen molar-refractivity contribution in [1.29, 1.82) is 0 Å². The van der Waals surface area contributed by atoms with Crippen LogP contribution in [-0.4, -0.2) is 0 Å². The second-order valence-electron chi connectivity index (χ2n) is 6.89. The molecule has 0 spiro atoms. The molecule has 0 radical (unpaired) electrons. The summed E-state index contributed by atoms with van der Waals surface area (Å²) in [5, 5.41) is 0. The zero-order valence-corrected chi connectivity index (χ0v) is 14.4. The first kappa shape index (κ1) is 15.1. The molecular formula is C25H19N. The Hall–Kier alpha value is -3.16. The maximum atomic E-state index is 6.63. The van der Waals surface area contributed by atoms with E-state index in [2.05, 4.69) is 85.0 Å². The van der Waals surface area contributed by atoms with E-state index in [0.29, 0.717) is 0 Å². The van der Waals surface area contributed by atoms with Gasteiger partial charge in [0.05, 0.1) is 5.54 Å². The monoisotopic (exact) mass is 333 g/mol. The second-order valence-corrected chi connectivity index (χ2v) is 6.89. The van der Waals surface area contributed by atoms with Crippen LogP contribution in [0.2, 0.25) is 0 Å². The van der Waals surface area contributed by atoms with E-state index in [0.717, 1.165) is 5.56 Å². The van der Waals surface area contributed by atoms with Crippen LogP contribution in [0, 0.1) is 0 Å². The molecule has 2 aliphatic rings. The predicted octanol–water partition coefficient (Wildman–Crippen LogP) is 5.45. The molecule has 0 heterocycles. The average molecular weight is 333 g/mol. The van der Waals surface area contributed by atoms with Gasteiger partial charge in [0, 0.05) is 0 Å². The van der Waals surface area contributed by atoms with Crippen molar-refractivity contribution in [1.82, 2.24) is 0 Å². The van der Waals surface area contributed by atoms with Crippen LogP contribution in [-0.2, 0) is 5.54 Å². The van der Waals surface area contributed by atoms with Crippen LogP contribution in [0.1, 0.15) is 16.7 Å². The molecule has 0 unspecified atom stereocenters. The first-order valence-electron chi connectivity index (χ1n) is 8.93. The van der Waals surface area contributed by atoms with Crippen molar-refractivity contribution in [3.8, 4) is 11.1 Å². The van der Waals surface area contributed by atoms with E-state index in [1.54, 1.807) is 0 Å². The maximum Gasteiger partial charge on any atom is 0.0788 e. The van der Waals surface area contributed by atoms with Gasteiger partial charge in [-0.15, -0.1) is 0 Å². The van der Waals surface area contributed by atoms with Crippen LogP contribution in [0.5, 0.6) is 0 Å². The Kier molecular flexibility index (Phi) is 3.31. The number of hydrogen-bond donors (Lipinski definition) is 1. The Labute approximate surface area is 153 Å². The first-order valence-corrected chi connectivity index (χ1v) is 8.93. The molecule has 0 amide bonds. The predicted molar refractivity (Wildman–Crippen MR) is 108 cm³/mol. The largest absolute Gasteiger partial charge is 0.315 e. The van der Waals surface area contributed by atoms with Gasteiger partial charge in [-0.1, -0.05) is 103 Å². The summed E-state index contributed by atoms with van der Waals surface area (Å²) in [5.74, 6) is 0. The molecular weight excluding hydrogens is 314 g/mol. The molecule has 0 atom stereocenters. The molecule has 26 heavy (non-hydrogen) atoms. The Morgan fingerprint density at radius 2 is 1.00 bits per heavy atom. The lowest BCUT2D eigenvalue weighted by molar-refractivity contribution is 0.707. The van der Waals surface area contributed by atoms with Gasteiger partial charge in [-0.25, -0.2) is 0 Å². The van der Waals surface area contributed by atoms with Gasteiger partial charge in [0.2, 0.25) is 0 Å². The molecule has 2 aliphatic carbocycles. The summed E-state index contributed by atoms with van der Waals surface area (Å²) in [5.41, 5.74) is 14.9. The third-order valence-corrected chi connectivity index (χ3v) is 5.32. The van der Waals surface area contributed by atoms with Gasteiger partial charge in [-0.05, 0) is 39.0 Å². The fraction of sp³-hybridized carbons (Fsp3) is 0.0400. The number of allylic oxidation sites excluding steroid dienone is 3. The minimum Gasteiger partial charge on any atom is -0.315 e. The van der Waals surface area contributed by atoms with Crippen LogP contribution in [0.15, 0.2) is 109 Å². The van der Waals surface area contributed by atoms with Crippen LogP contribution >= 0.6 is 0 Å². The molecule has 1 nitrogen and oxygen atoms in total. The fourth-order valence-corrected chi connectivity index (χ4v) is 3.98. The van der Waals surface area contributed by atoms with Crippen LogP contribution in [0.4, 0.5) is 0 Å². The third-order valence-electron chi connectivity index (χ3n) is 5.32. The van der Waals surface area contributed by atoms with E-state index in [-0.39, 0.29) is 0 Å². The topological polar surface area (TPSA) is 26.0 Å². The van der Waals surface area contributed by atoms with Gasteiger partial charge >= 0.3 is 0 Å². The summed E-state index contributed by atoms with van der Waals surface area (Å²) in [7, 11) is 0. The standard InChI is InChI=1S/C25H19N/c26-25(19-8-2-1-3-9-19)16-14-18(15-17-25)24-22-12-6-4-10-20(22)21-11-5-7-13-23(21)24/h1-17H,26H2. The highest BCUT2D eigenvalue weighted by molar-refractivity contribution is 6.03. The Balaban J connectivity index is 1.66. The summed E-state index contributed by atoms with van der Waals surface area (Å²) in [4.78, 5) is 0. The van der Waals surface area contributed by atoms with Crippen molar-refractivity contribution in [2.75, 3.05) is 0 Å². The van der Waals surface area contributed by atoms with Crippen LogP contribution in [0.3, 0.4) is 0 Å². The van der Waals surface area contributed by atoms with E-state index in [1.807, 2.05) is 18.2 Å². The van der Waals surface area contributed by atoms with E-state index < -0.39 is 5.54 Å². The van der Waals surface area contributed by atoms with Crippen LogP contribution < -0.4 is 5.73 Å². The minimum absolute atomic E-state index is 0.553. The summed E-state index contributed by atoms with van der Waals surface area (Å²) in [6.07, 6.45) is 8.55. The van der Waals surface area contributed by atoms with E-state index in [9.17, 15) is 0 Å². The Morgan fingerprint density at radius 1 is 0.538 bits per heavy atom. The molecule has 0 saturated heterocycles. The lowest BCUT2D eigenvalue weighted by atomic mass is 9.84. The average Bonchev–Trinajstić information content (AvgIpc) is 3.04. The second kappa shape index (κ2) is 5.69. The summed E-state index contributed by atoms with van der Waals surface area (Å²) < 4.78 is 0. The molecule has 0 aliphatic heterocycles. The van der Waals surface area contributed by atoms with Gasteiger partial charge in [-0.2, -0.15) is 0 Å². The molecule has 3 aromatic carbocycles. The highest BCUT2D eigenvalue weighted by Gasteiger charge is 2.27. The fourth-order valence-electron chi connectivity index (χ4n) is 3.98. The first-order chi connectivity index (χ1) is 12.8. The molecule has 0 saturated carbocycles. The van der Waals surface area contributed by atoms with Crippen molar-refractivity contribution in [2.24, 2.45) is 5.73 Å².